The molecule has 21 heavy (non-hydrogen) atoms. The number of amides is 1. The van der Waals surface area contributed by atoms with Crippen molar-refractivity contribution >= 4 is 5.91 Å². The fraction of sp³-hybridized carbons (Fsp3) is 0.133. The first-order valence-corrected chi connectivity index (χ1v) is 6.54. The summed E-state index contributed by atoms with van der Waals surface area (Å²) in [4.78, 5) is 11.9. The van der Waals surface area contributed by atoms with Crippen LogP contribution in [0.1, 0.15) is 28.9 Å². The summed E-state index contributed by atoms with van der Waals surface area (Å²) in [5.41, 5.74) is 2.45. The number of hydrogen-bond acceptors (Lipinski definition) is 4. The van der Waals surface area contributed by atoms with E-state index in [4.69, 9.17) is 4.42 Å². The Bertz CT molecular complexity index is 703. The van der Waals surface area contributed by atoms with Crippen LogP contribution in [0.4, 0.5) is 0 Å². The number of furan rings is 1. The first-order valence-electron chi connectivity index (χ1n) is 6.54. The number of carbonyl (C=O) groups is 1. The number of carbonyl (C=O) groups excluding carboxylic acids is 1. The lowest BCUT2D eigenvalue weighted by Crippen LogP contribution is -2.26. The van der Waals surface area contributed by atoms with E-state index in [-0.39, 0.29) is 11.9 Å². The smallest absolute Gasteiger partial charge is 0.255 e. The zero-order valence-corrected chi connectivity index (χ0v) is 11.4. The van der Waals surface area contributed by atoms with Crippen LogP contribution < -0.4 is 5.32 Å². The van der Waals surface area contributed by atoms with Crippen molar-refractivity contribution in [2.75, 3.05) is 0 Å². The molecule has 0 fully saturated rings. The zero-order valence-electron chi connectivity index (χ0n) is 11.4. The summed E-state index contributed by atoms with van der Waals surface area (Å²) in [5.74, 6) is -0.156. The molecule has 2 heterocycles. The average molecular weight is 282 g/mol. The molecule has 0 spiro atoms. The first kappa shape index (κ1) is 13.1. The molecule has 0 aliphatic rings. The minimum atomic E-state index is -0.156. The molecule has 3 aromatic rings. The van der Waals surface area contributed by atoms with Gasteiger partial charge in [-0.2, -0.15) is 0 Å². The van der Waals surface area contributed by atoms with Crippen molar-refractivity contribution in [2.45, 2.75) is 13.0 Å². The normalized spacial score (nSPS) is 12.0. The number of rotatable bonds is 4. The van der Waals surface area contributed by atoms with Gasteiger partial charge < -0.3 is 9.73 Å². The van der Waals surface area contributed by atoms with Crippen molar-refractivity contribution in [1.82, 2.24) is 20.3 Å². The molecule has 3 rings (SSSR count). The highest BCUT2D eigenvalue weighted by molar-refractivity contribution is 5.94. The molecule has 6 heteroatoms. The van der Waals surface area contributed by atoms with Gasteiger partial charge in [0, 0.05) is 0 Å². The molecule has 1 amide bonds. The maximum absolute atomic E-state index is 11.9. The molecular weight excluding hydrogens is 268 g/mol. The van der Waals surface area contributed by atoms with Crippen LogP contribution in [-0.4, -0.2) is 20.9 Å². The highest BCUT2D eigenvalue weighted by atomic mass is 16.3. The molecule has 0 radical (unpaired) electrons. The molecule has 0 aliphatic carbocycles. The van der Waals surface area contributed by atoms with Crippen LogP contribution in [0.2, 0.25) is 0 Å². The highest BCUT2D eigenvalue weighted by Gasteiger charge is 2.12. The molecule has 1 N–H and O–H groups in total. The second kappa shape index (κ2) is 5.62. The lowest BCUT2D eigenvalue weighted by atomic mass is 10.1. The number of nitrogens with one attached hydrogen (secondary N) is 1. The first-order chi connectivity index (χ1) is 10.2. The van der Waals surface area contributed by atoms with Gasteiger partial charge in [0.05, 0.1) is 35.9 Å². The SMILES string of the molecule is CC(NC(=O)c1ccoc1)c1ccc(-n2ccnn2)cc1. The van der Waals surface area contributed by atoms with Gasteiger partial charge in [0.1, 0.15) is 6.26 Å². The molecule has 1 aromatic carbocycles. The predicted octanol–water partition coefficient (Wildman–Crippen LogP) is 2.35. The number of nitrogens with zero attached hydrogens (tertiary/aromatic N) is 3. The fourth-order valence-electron chi connectivity index (χ4n) is 2.02. The van der Waals surface area contributed by atoms with E-state index in [1.54, 1.807) is 23.1 Å². The monoisotopic (exact) mass is 282 g/mol. The third-order valence-electron chi connectivity index (χ3n) is 3.21. The van der Waals surface area contributed by atoms with Crippen molar-refractivity contribution < 1.29 is 9.21 Å². The van der Waals surface area contributed by atoms with Gasteiger partial charge in [-0.1, -0.05) is 17.3 Å². The van der Waals surface area contributed by atoms with Crippen molar-refractivity contribution in [2.24, 2.45) is 0 Å². The lowest BCUT2D eigenvalue weighted by molar-refractivity contribution is 0.0939. The molecular formula is C15H14N4O2. The van der Waals surface area contributed by atoms with Crippen LogP contribution in [0, 0.1) is 0 Å². The van der Waals surface area contributed by atoms with Gasteiger partial charge in [-0.15, -0.1) is 5.10 Å². The molecule has 0 aliphatic heterocycles. The Morgan fingerprint density at radius 2 is 2.10 bits per heavy atom. The van der Waals surface area contributed by atoms with Crippen molar-refractivity contribution in [3.63, 3.8) is 0 Å². The van der Waals surface area contributed by atoms with E-state index in [0.29, 0.717) is 5.56 Å². The number of benzene rings is 1. The maximum Gasteiger partial charge on any atom is 0.255 e. The Balaban J connectivity index is 1.70. The van der Waals surface area contributed by atoms with Gasteiger partial charge in [0.15, 0.2) is 0 Å². The molecule has 1 unspecified atom stereocenters. The van der Waals surface area contributed by atoms with Crippen LogP contribution >= 0.6 is 0 Å². The van der Waals surface area contributed by atoms with Crippen LogP contribution in [0.3, 0.4) is 0 Å². The summed E-state index contributed by atoms with van der Waals surface area (Å²) in [6.07, 6.45) is 6.31. The Labute approximate surface area is 121 Å². The summed E-state index contributed by atoms with van der Waals surface area (Å²) in [7, 11) is 0. The largest absolute Gasteiger partial charge is 0.472 e. The zero-order chi connectivity index (χ0) is 14.7. The van der Waals surface area contributed by atoms with Crippen molar-refractivity contribution in [3.05, 3.63) is 66.4 Å². The van der Waals surface area contributed by atoms with E-state index in [0.717, 1.165) is 11.3 Å². The van der Waals surface area contributed by atoms with E-state index in [1.807, 2.05) is 31.2 Å². The van der Waals surface area contributed by atoms with E-state index in [9.17, 15) is 4.79 Å². The summed E-state index contributed by atoms with van der Waals surface area (Å²) < 4.78 is 6.58. The number of hydrogen-bond donors (Lipinski definition) is 1. The molecule has 1 atom stereocenters. The quantitative estimate of drug-likeness (QED) is 0.797. The van der Waals surface area contributed by atoms with E-state index >= 15 is 0 Å². The van der Waals surface area contributed by atoms with Crippen LogP contribution in [0.5, 0.6) is 0 Å². The molecule has 6 nitrogen and oxygen atoms in total. The molecule has 0 saturated carbocycles. The second-order valence-corrected chi connectivity index (χ2v) is 4.65. The summed E-state index contributed by atoms with van der Waals surface area (Å²) in [6, 6.07) is 9.32. The Morgan fingerprint density at radius 3 is 2.71 bits per heavy atom. The maximum atomic E-state index is 11.9. The predicted molar refractivity (Wildman–Crippen MR) is 75.9 cm³/mol. The van der Waals surface area contributed by atoms with Crippen molar-refractivity contribution in [1.29, 1.82) is 0 Å². The van der Waals surface area contributed by atoms with Gasteiger partial charge in [0.2, 0.25) is 0 Å². The molecule has 106 valence electrons. The Morgan fingerprint density at radius 1 is 1.29 bits per heavy atom. The fourth-order valence-corrected chi connectivity index (χ4v) is 2.02. The van der Waals surface area contributed by atoms with Gasteiger partial charge in [0.25, 0.3) is 5.91 Å². The van der Waals surface area contributed by atoms with Gasteiger partial charge >= 0.3 is 0 Å². The Kier molecular flexibility index (Phi) is 3.51. The second-order valence-electron chi connectivity index (χ2n) is 4.65. The van der Waals surface area contributed by atoms with Crippen molar-refractivity contribution in [3.8, 4) is 5.69 Å². The third-order valence-corrected chi connectivity index (χ3v) is 3.21. The van der Waals surface area contributed by atoms with Crippen LogP contribution in [0.15, 0.2) is 59.7 Å². The Hall–Kier alpha value is -2.89. The van der Waals surface area contributed by atoms with E-state index in [1.165, 1.54) is 12.5 Å². The lowest BCUT2D eigenvalue weighted by Gasteiger charge is -2.14. The van der Waals surface area contributed by atoms with Crippen LogP contribution in [-0.2, 0) is 0 Å². The van der Waals surface area contributed by atoms with E-state index < -0.39 is 0 Å². The molecule has 0 bridgehead atoms. The summed E-state index contributed by atoms with van der Waals surface area (Å²) in [6.45, 7) is 1.93. The standard InChI is InChI=1S/C15H14N4O2/c1-11(17-15(20)13-6-9-21-10-13)12-2-4-14(5-3-12)19-8-7-16-18-19/h2-11H,1H3,(H,17,20). The summed E-state index contributed by atoms with van der Waals surface area (Å²) >= 11 is 0. The molecule has 0 saturated heterocycles. The van der Waals surface area contributed by atoms with Crippen LogP contribution in [0.25, 0.3) is 5.69 Å². The van der Waals surface area contributed by atoms with E-state index in [2.05, 4.69) is 15.6 Å². The van der Waals surface area contributed by atoms with Gasteiger partial charge in [-0.05, 0) is 30.7 Å². The van der Waals surface area contributed by atoms with Gasteiger partial charge in [-0.3, -0.25) is 4.79 Å². The highest BCUT2D eigenvalue weighted by Crippen LogP contribution is 2.16. The topological polar surface area (TPSA) is 73.0 Å². The average Bonchev–Trinajstić information content (AvgIpc) is 3.20. The summed E-state index contributed by atoms with van der Waals surface area (Å²) in [5, 5.41) is 10.6. The molecule has 2 aromatic heterocycles. The minimum Gasteiger partial charge on any atom is -0.472 e. The minimum absolute atomic E-state index is 0.0998. The number of aromatic nitrogens is 3. The van der Waals surface area contributed by atoms with Gasteiger partial charge in [-0.25, -0.2) is 4.68 Å². The third kappa shape index (κ3) is 2.84.